The van der Waals surface area contributed by atoms with Crippen LogP contribution in [0.3, 0.4) is 0 Å². The van der Waals surface area contributed by atoms with Crippen molar-refractivity contribution in [3.63, 3.8) is 0 Å². The Morgan fingerprint density at radius 2 is 2.00 bits per heavy atom. The van der Waals surface area contributed by atoms with E-state index in [1.165, 1.54) is 11.3 Å². The number of pyridine rings is 1. The molecule has 3 aromatic rings. The Labute approximate surface area is 183 Å². The number of hydrogen-bond acceptors (Lipinski definition) is 9. The number of aromatic nitrogens is 3. The van der Waals surface area contributed by atoms with E-state index in [9.17, 15) is 4.79 Å². The van der Waals surface area contributed by atoms with Crippen molar-refractivity contribution in [3.05, 3.63) is 45.2 Å². The molecule has 1 atom stereocenters. The maximum Gasteiger partial charge on any atom is 0.266 e. The average Bonchev–Trinajstić information content (AvgIpc) is 3.32. The van der Waals surface area contributed by atoms with E-state index in [-0.39, 0.29) is 12.0 Å². The number of aryl methyl sites for hydroxylation is 3. The molecular weight excluding hydrogens is 420 g/mol. The Balaban J connectivity index is 1.52. The zero-order valence-electron chi connectivity index (χ0n) is 17.4. The van der Waals surface area contributed by atoms with Crippen molar-refractivity contribution in [2.24, 2.45) is 0 Å². The number of anilines is 3. The molecule has 0 radical (unpaired) electrons. The lowest BCUT2D eigenvalue weighted by Crippen LogP contribution is -2.42. The van der Waals surface area contributed by atoms with Gasteiger partial charge in [0.25, 0.3) is 5.91 Å². The van der Waals surface area contributed by atoms with E-state index in [1.54, 1.807) is 18.4 Å². The van der Waals surface area contributed by atoms with Crippen molar-refractivity contribution in [1.82, 2.24) is 19.9 Å². The normalized spacial score (nSPS) is 16.5. The zero-order chi connectivity index (χ0) is 21.3. The molecule has 2 N–H and O–H groups in total. The van der Waals surface area contributed by atoms with E-state index >= 15 is 0 Å². The molecule has 10 heteroatoms. The van der Waals surface area contributed by atoms with Crippen LogP contribution in [0, 0.1) is 20.8 Å². The van der Waals surface area contributed by atoms with Crippen molar-refractivity contribution in [2.45, 2.75) is 26.9 Å². The molecule has 1 aliphatic heterocycles. The summed E-state index contributed by atoms with van der Waals surface area (Å²) in [5.74, 6) is -0.0101. The lowest BCUT2D eigenvalue weighted by atomic mass is 10.1. The fraction of sp³-hybridized carbons (Fsp3) is 0.400. The molecule has 0 aliphatic carbocycles. The Morgan fingerprint density at radius 1 is 1.17 bits per heavy atom. The fourth-order valence-corrected chi connectivity index (χ4v) is 4.92. The van der Waals surface area contributed by atoms with Gasteiger partial charge in [0.05, 0.1) is 30.2 Å². The topological polar surface area (TPSA) is 92.3 Å². The van der Waals surface area contributed by atoms with Crippen molar-refractivity contribution in [3.8, 4) is 0 Å². The molecule has 30 heavy (non-hydrogen) atoms. The minimum absolute atomic E-state index is 0.0101. The summed E-state index contributed by atoms with van der Waals surface area (Å²) in [6.07, 6.45) is -0.279. The van der Waals surface area contributed by atoms with Crippen LogP contribution in [-0.4, -0.2) is 52.5 Å². The monoisotopic (exact) mass is 444 g/mol. The largest absolute Gasteiger partial charge is 0.368 e. The van der Waals surface area contributed by atoms with Gasteiger partial charge in [-0.2, -0.15) is 0 Å². The molecule has 158 valence electrons. The van der Waals surface area contributed by atoms with E-state index < -0.39 is 0 Å². The first-order valence-corrected chi connectivity index (χ1v) is 11.4. The molecule has 0 bridgehead atoms. The highest BCUT2D eigenvalue weighted by Gasteiger charge is 2.29. The van der Waals surface area contributed by atoms with Gasteiger partial charge in [-0.05, 0) is 32.9 Å². The van der Waals surface area contributed by atoms with Crippen LogP contribution in [-0.2, 0) is 4.74 Å². The van der Waals surface area contributed by atoms with Crippen molar-refractivity contribution in [1.29, 1.82) is 0 Å². The van der Waals surface area contributed by atoms with Gasteiger partial charge in [0.1, 0.15) is 11.0 Å². The number of nitrogens with one attached hydrogen (secondary N) is 2. The summed E-state index contributed by atoms with van der Waals surface area (Å²) in [5.41, 5.74) is 4.33. The maximum atomic E-state index is 13.1. The van der Waals surface area contributed by atoms with E-state index in [4.69, 9.17) is 4.74 Å². The van der Waals surface area contributed by atoms with Crippen molar-refractivity contribution >= 4 is 44.5 Å². The van der Waals surface area contributed by atoms with Crippen LogP contribution in [0.15, 0.2) is 17.5 Å². The second-order valence-electron chi connectivity index (χ2n) is 7.14. The number of thiazole rings is 2. The van der Waals surface area contributed by atoms with Gasteiger partial charge < -0.3 is 20.3 Å². The highest BCUT2D eigenvalue weighted by atomic mass is 32.1. The van der Waals surface area contributed by atoms with Crippen LogP contribution in [0.25, 0.3) is 0 Å². The van der Waals surface area contributed by atoms with Gasteiger partial charge in [-0.15, -0.1) is 11.3 Å². The van der Waals surface area contributed by atoms with Gasteiger partial charge in [0.15, 0.2) is 10.3 Å². The zero-order valence-corrected chi connectivity index (χ0v) is 19.0. The fourth-order valence-electron chi connectivity index (χ4n) is 3.32. The van der Waals surface area contributed by atoms with Crippen LogP contribution in [0.4, 0.5) is 16.0 Å². The van der Waals surface area contributed by atoms with Crippen molar-refractivity contribution in [2.75, 3.05) is 37.4 Å². The Morgan fingerprint density at radius 3 is 2.70 bits per heavy atom. The van der Waals surface area contributed by atoms with Gasteiger partial charge in [-0.3, -0.25) is 9.78 Å². The second kappa shape index (κ2) is 8.66. The summed E-state index contributed by atoms with van der Waals surface area (Å²) in [6, 6.07) is 3.95. The second-order valence-corrected chi connectivity index (χ2v) is 8.99. The third-order valence-electron chi connectivity index (χ3n) is 4.73. The molecule has 1 unspecified atom stereocenters. The molecular formula is C20H24N6O2S2. The Bertz CT molecular complexity index is 1060. The van der Waals surface area contributed by atoms with E-state index in [1.807, 2.05) is 43.2 Å². The van der Waals surface area contributed by atoms with Gasteiger partial charge in [0, 0.05) is 30.4 Å². The van der Waals surface area contributed by atoms with E-state index in [0.717, 1.165) is 38.7 Å². The average molecular weight is 445 g/mol. The number of amides is 1. The molecule has 4 rings (SSSR count). The summed E-state index contributed by atoms with van der Waals surface area (Å²) < 4.78 is 5.98. The third kappa shape index (κ3) is 4.45. The molecule has 1 aliphatic rings. The summed E-state index contributed by atoms with van der Waals surface area (Å²) in [7, 11) is 1.80. The standard InChI is InChI=1S/C20H24N6O2S2/c1-11-7-14(25-20-23-12(2)10-29-20)8-15(22-11)16-9-26(5-6-28-16)18(27)17-13(3)24-19(21-4)30-17/h7-8,10,16H,5-6,9H2,1-4H3,(H,21,24)(H,22,23,25). The van der Waals surface area contributed by atoms with Crippen molar-refractivity contribution < 1.29 is 9.53 Å². The lowest BCUT2D eigenvalue weighted by molar-refractivity contribution is -0.0246. The minimum atomic E-state index is -0.279. The predicted molar refractivity (Wildman–Crippen MR) is 120 cm³/mol. The van der Waals surface area contributed by atoms with Crippen LogP contribution >= 0.6 is 22.7 Å². The minimum Gasteiger partial charge on any atom is -0.368 e. The van der Waals surface area contributed by atoms with Crippen LogP contribution in [0.5, 0.6) is 0 Å². The number of nitrogens with zero attached hydrogens (tertiary/aromatic N) is 4. The summed E-state index contributed by atoms with van der Waals surface area (Å²) in [5, 5.41) is 9.93. The SMILES string of the molecule is CNc1nc(C)c(C(=O)N2CCOC(c3cc(Nc4nc(C)cs4)cc(C)n3)C2)s1. The number of ether oxygens (including phenoxy) is 1. The number of carbonyl (C=O) groups is 1. The van der Waals surface area contributed by atoms with Crippen LogP contribution in [0.2, 0.25) is 0 Å². The lowest BCUT2D eigenvalue weighted by Gasteiger charge is -2.32. The summed E-state index contributed by atoms with van der Waals surface area (Å²) in [4.78, 5) is 29.1. The van der Waals surface area contributed by atoms with E-state index in [2.05, 4.69) is 25.6 Å². The first-order chi connectivity index (χ1) is 14.4. The number of carbonyl (C=O) groups excluding carboxylic acids is 1. The molecule has 0 spiro atoms. The highest BCUT2D eigenvalue weighted by molar-refractivity contribution is 7.17. The Kier molecular flexibility index (Phi) is 5.98. The van der Waals surface area contributed by atoms with Crippen LogP contribution < -0.4 is 10.6 Å². The Hall–Kier alpha value is -2.56. The summed E-state index contributed by atoms with van der Waals surface area (Å²) in [6.45, 7) is 7.26. The molecule has 1 amide bonds. The molecule has 0 aromatic carbocycles. The first-order valence-electron chi connectivity index (χ1n) is 9.66. The quantitative estimate of drug-likeness (QED) is 0.616. The van der Waals surface area contributed by atoms with Gasteiger partial charge in [-0.25, -0.2) is 9.97 Å². The molecule has 3 aromatic heterocycles. The number of hydrogen-bond donors (Lipinski definition) is 2. The molecule has 4 heterocycles. The first kappa shape index (κ1) is 20.7. The third-order valence-corrected chi connectivity index (χ3v) is 6.77. The van der Waals surface area contributed by atoms with E-state index in [0.29, 0.717) is 24.6 Å². The number of rotatable bonds is 5. The highest BCUT2D eigenvalue weighted by Crippen LogP contribution is 2.29. The molecule has 1 saturated heterocycles. The van der Waals surface area contributed by atoms with Gasteiger partial charge in [0.2, 0.25) is 0 Å². The van der Waals surface area contributed by atoms with Gasteiger partial charge >= 0.3 is 0 Å². The predicted octanol–water partition coefficient (Wildman–Crippen LogP) is 3.92. The smallest absolute Gasteiger partial charge is 0.266 e. The number of morpholine rings is 1. The maximum absolute atomic E-state index is 13.1. The molecule has 1 fully saturated rings. The molecule has 0 saturated carbocycles. The van der Waals surface area contributed by atoms with Gasteiger partial charge in [-0.1, -0.05) is 11.3 Å². The van der Waals surface area contributed by atoms with Crippen LogP contribution in [0.1, 0.15) is 38.6 Å². The summed E-state index contributed by atoms with van der Waals surface area (Å²) >= 11 is 2.94. The molecule has 8 nitrogen and oxygen atoms in total.